The molecule has 1 aromatic rings. The highest BCUT2D eigenvalue weighted by Gasteiger charge is 2.21. The van der Waals surface area contributed by atoms with Gasteiger partial charge in [0.05, 0.1) is 6.54 Å². The molecule has 1 aliphatic heterocycles. The standard InChI is InChI=1S/C18H27N3O2.HI/c1-2-19-18(21-14-8-4-3-5-9-14)20-12-15-13-22-16-10-6-7-11-17(16)23-15;/h6-7,10-11,14-15H,2-5,8-9,12-13H2,1H3,(H2,19,20,21);1H. The largest absolute Gasteiger partial charge is 0.486 e. The van der Waals surface area contributed by atoms with Crippen molar-refractivity contribution >= 4 is 29.9 Å². The highest BCUT2D eigenvalue weighted by atomic mass is 127. The van der Waals surface area contributed by atoms with E-state index < -0.39 is 0 Å². The second-order valence-electron chi connectivity index (χ2n) is 6.20. The van der Waals surface area contributed by atoms with E-state index in [4.69, 9.17) is 14.5 Å². The van der Waals surface area contributed by atoms with Gasteiger partial charge in [0.25, 0.3) is 0 Å². The Morgan fingerprint density at radius 3 is 2.67 bits per heavy atom. The quantitative estimate of drug-likeness (QED) is 0.424. The third kappa shape index (κ3) is 5.43. The summed E-state index contributed by atoms with van der Waals surface area (Å²) < 4.78 is 11.7. The van der Waals surface area contributed by atoms with E-state index in [9.17, 15) is 0 Å². The normalized spacial score (nSPS) is 20.9. The zero-order chi connectivity index (χ0) is 15.9. The SMILES string of the molecule is CCNC(=NCC1COc2ccccc2O1)NC1CCCCC1.I. The molecule has 24 heavy (non-hydrogen) atoms. The van der Waals surface area contributed by atoms with Gasteiger partial charge >= 0.3 is 0 Å². The molecule has 1 atom stereocenters. The summed E-state index contributed by atoms with van der Waals surface area (Å²) in [6.45, 7) is 4.09. The highest BCUT2D eigenvalue weighted by Crippen LogP contribution is 2.30. The molecule has 1 aromatic carbocycles. The molecule has 0 amide bonds. The summed E-state index contributed by atoms with van der Waals surface area (Å²) in [5.74, 6) is 2.52. The number of aliphatic imine (C=N–C) groups is 1. The minimum Gasteiger partial charge on any atom is -0.486 e. The van der Waals surface area contributed by atoms with Crippen molar-refractivity contribution in [2.45, 2.75) is 51.2 Å². The molecule has 2 N–H and O–H groups in total. The average molecular weight is 445 g/mol. The summed E-state index contributed by atoms with van der Waals surface area (Å²) in [6.07, 6.45) is 6.42. The number of guanidine groups is 1. The summed E-state index contributed by atoms with van der Waals surface area (Å²) in [5.41, 5.74) is 0. The Bertz CT molecular complexity index is 533. The molecule has 0 bridgehead atoms. The van der Waals surface area contributed by atoms with Crippen LogP contribution in [0.25, 0.3) is 0 Å². The number of hydrogen-bond acceptors (Lipinski definition) is 3. The Labute approximate surface area is 161 Å². The van der Waals surface area contributed by atoms with Crippen molar-refractivity contribution in [2.75, 3.05) is 19.7 Å². The second-order valence-corrected chi connectivity index (χ2v) is 6.20. The number of ether oxygens (including phenoxy) is 2. The predicted molar refractivity (Wildman–Crippen MR) is 108 cm³/mol. The molecule has 0 spiro atoms. The Hall–Kier alpha value is -1.18. The third-order valence-electron chi connectivity index (χ3n) is 4.31. The lowest BCUT2D eigenvalue weighted by Gasteiger charge is -2.27. The van der Waals surface area contributed by atoms with Gasteiger partial charge in [-0.25, -0.2) is 4.99 Å². The highest BCUT2D eigenvalue weighted by molar-refractivity contribution is 14.0. The van der Waals surface area contributed by atoms with E-state index in [1.54, 1.807) is 0 Å². The van der Waals surface area contributed by atoms with Crippen LogP contribution in [0.4, 0.5) is 0 Å². The molecule has 2 aliphatic rings. The Balaban J connectivity index is 0.00000208. The monoisotopic (exact) mass is 445 g/mol. The van der Waals surface area contributed by atoms with Gasteiger partial charge in [-0.1, -0.05) is 31.4 Å². The van der Waals surface area contributed by atoms with Crippen LogP contribution in [0.2, 0.25) is 0 Å². The van der Waals surface area contributed by atoms with Crippen LogP contribution in [0.15, 0.2) is 29.3 Å². The fourth-order valence-corrected chi connectivity index (χ4v) is 3.11. The number of nitrogens with one attached hydrogen (secondary N) is 2. The van der Waals surface area contributed by atoms with E-state index in [0.717, 1.165) is 24.0 Å². The van der Waals surface area contributed by atoms with E-state index in [-0.39, 0.29) is 30.1 Å². The maximum atomic E-state index is 5.96. The van der Waals surface area contributed by atoms with Crippen LogP contribution < -0.4 is 20.1 Å². The molecule has 0 radical (unpaired) electrons. The van der Waals surface area contributed by atoms with Crippen molar-refractivity contribution in [3.8, 4) is 11.5 Å². The molecule has 1 heterocycles. The lowest BCUT2D eigenvalue weighted by molar-refractivity contribution is 0.0971. The van der Waals surface area contributed by atoms with Gasteiger partial charge in [-0.3, -0.25) is 0 Å². The van der Waals surface area contributed by atoms with Crippen LogP contribution in [-0.2, 0) is 0 Å². The number of benzene rings is 1. The van der Waals surface area contributed by atoms with E-state index in [2.05, 4.69) is 17.6 Å². The van der Waals surface area contributed by atoms with Crippen LogP contribution in [0.5, 0.6) is 11.5 Å². The van der Waals surface area contributed by atoms with Crippen LogP contribution in [0.1, 0.15) is 39.0 Å². The molecule has 5 nitrogen and oxygen atoms in total. The van der Waals surface area contributed by atoms with Crippen molar-refractivity contribution in [2.24, 2.45) is 4.99 Å². The van der Waals surface area contributed by atoms with Crippen molar-refractivity contribution < 1.29 is 9.47 Å². The summed E-state index contributed by atoms with van der Waals surface area (Å²) >= 11 is 0. The lowest BCUT2D eigenvalue weighted by atomic mass is 9.96. The third-order valence-corrected chi connectivity index (χ3v) is 4.31. The predicted octanol–water partition coefficient (Wildman–Crippen LogP) is 3.33. The summed E-state index contributed by atoms with van der Waals surface area (Å²) in [4.78, 5) is 4.69. The minimum absolute atomic E-state index is 0. The van der Waals surface area contributed by atoms with Gasteiger partial charge in [-0.2, -0.15) is 0 Å². The topological polar surface area (TPSA) is 54.9 Å². The van der Waals surface area contributed by atoms with Gasteiger partial charge in [-0.05, 0) is 31.9 Å². The van der Waals surface area contributed by atoms with Crippen LogP contribution in [0.3, 0.4) is 0 Å². The lowest BCUT2D eigenvalue weighted by Crippen LogP contribution is -2.45. The van der Waals surface area contributed by atoms with Gasteiger partial charge in [0.15, 0.2) is 23.6 Å². The van der Waals surface area contributed by atoms with E-state index in [0.29, 0.717) is 19.2 Å². The number of hydrogen-bond donors (Lipinski definition) is 2. The van der Waals surface area contributed by atoms with Gasteiger partial charge in [0.2, 0.25) is 0 Å². The number of fused-ring (bicyclic) bond motifs is 1. The Kier molecular flexibility index (Phi) is 7.94. The van der Waals surface area contributed by atoms with Crippen molar-refractivity contribution in [1.29, 1.82) is 0 Å². The van der Waals surface area contributed by atoms with Crippen molar-refractivity contribution in [3.63, 3.8) is 0 Å². The molecule has 1 unspecified atom stereocenters. The smallest absolute Gasteiger partial charge is 0.191 e. The molecule has 3 rings (SSSR count). The average Bonchev–Trinajstić information content (AvgIpc) is 2.60. The zero-order valence-electron chi connectivity index (χ0n) is 14.3. The van der Waals surface area contributed by atoms with Gasteiger partial charge in [0, 0.05) is 12.6 Å². The molecule has 1 saturated carbocycles. The number of nitrogens with zero attached hydrogens (tertiary/aromatic N) is 1. The number of halogens is 1. The molecular weight excluding hydrogens is 417 g/mol. The molecule has 6 heteroatoms. The van der Waals surface area contributed by atoms with Gasteiger partial charge < -0.3 is 20.1 Å². The van der Waals surface area contributed by atoms with Crippen molar-refractivity contribution in [3.05, 3.63) is 24.3 Å². The van der Waals surface area contributed by atoms with Gasteiger partial charge in [-0.15, -0.1) is 24.0 Å². The van der Waals surface area contributed by atoms with Crippen LogP contribution >= 0.6 is 24.0 Å². The first-order valence-electron chi connectivity index (χ1n) is 8.78. The molecule has 1 fully saturated rings. The fourth-order valence-electron chi connectivity index (χ4n) is 3.11. The van der Waals surface area contributed by atoms with E-state index in [1.165, 1.54) is 32.1 Å². The summed E-state index contributed by atoms with van der Waals surface area (Å²) in [6, 6.07) is 8.34. The second kappa shape index (κ2) is 9.96. The fraction of sp³-hybridized carbons (Fsp3) is 0.611. The summed E-state index contributed by atoms with van der Waals surface area (Å²) in [5, 5.41) is 6.89. The number of para-hydroxylation sites is 2. The Morgan fingerprint density at radius 1 is 1.17 bits per heavy atom. The first kappa shape index (κ1) is 19.1. The molecule has 1 aliphatic carbocycles. The van der Waals surface area contributed by atoms with Crippen molar-refractivity contribution in [1.82, 2.24) is 10.6 Å². The molecule has 0 aromatic heterocycles. The first-order chi connectivity index (χ1) is 11.3. The summed E-state index contributed by atoms with van der Waals surface area (Å²) in [7, 11) is 0. The Morgan fingerprint density at radius 2 is 1.92 bits per heavy atom. The maximum Gasteiger partial charge on any atom is 0.191 e. The minimum atomic E-state index is -0.0355. The first-order valence-corrected chi connectivity index (χ1v) is 8.78. The molecule has 0 saturated heterocycles. The number of rotatable bonds is 4. The molecule has 134 valence electrons. The van der Waals surface area contributed by atoms with Crippen LogP contribution in [0, 0.1) is 0 Å². The maximum absolute atomic E-state index is 5.96. The zero-order valence-corrected chi connectivity index (χ0v) is 16.6. The van der Waals surface area contributed by atoms with Crippen LogP contribution in [-0.4, -0.2) is 37.8 Å². The van der Waals surface area contributed by atoms with E-state index in [1.807, 2.05) is 24.3 Å². The molecular formula is C18H28IN3O2. The van der Waals surface area contributed by atoms with E-state index >= 15 is 0 Å². The van der Waals surface area contributed by atoms with Gasteiger partial charge in [0.1, 0.15) is 6.61 Å².